The molecular weight excluding hydrogens is 294 g/mol. The van der Waals surface area contributed by atoms with E-state index >= 15 is 0 Å². The van der Waals surface area contributed by atoms with E-state index < -0.39 is 23.4 Å². The summed E-state index contributed by atoms with van der Waals surface area (Å²) in [6.07, 6.45) is 2.01. The number of hydrogen-bond acceptors (Lipinski definition) is 4. The van der Waals surface area contributed by atoms with Gasteiger partial charge in [-0.25, -0.2) is 14.5 Å². The number of hydrogen-bond donors (Lipinski definition) is 0. The number of imide groups is 1. The van der Waals surface area contributed by atoms with Crippen molar-refractivity contribution in [1.29, 1.82) is 0 Å². The van der Waals surface area contributed by atoms with E-state index in [0.29, 0.717) is 0 Å². The van der Waals surface area contributed by atoms with E-state index in [0.717, 1.165) is 4.90 Å². The van der Waals surface area contributed by atoms with E-state index in [1.165, 1.54) is 0 Å². The lowest BCUT2D eigenvalue weighted by Crippen LogP contribution is -2.43. The Hall–Kier alpha value is -1.74. The van der Waals surface area contributed by atoms with Crippen molar-refractivity contribution in [1.82, 2.24) is 4.90 Å². The van der Waals surface area contributed by atoms with Crippen molar-refractivity contribution >= 4 is 12.2 Å². The Kier molecular flexibility index (Phi) is 7.11. The van der Waals surface area contributed by atoms with Crippen molar-refractivity contribution in [2.24, 2.45) is 5.41 Å². The van der Waals surface area contributed by atoms with Crippen molar-refractivity contribution in [3.8, 4) is 0 Å². The first kappa shape index (κ1) is 21.3. The number of nitrogens with zero attached hydrogens (tertiary/aromatic N) is 1. The molecule has 0 aliphatic heterocycles. The zero-order chi connectivity index (χ0) is 18.5. The fourth-order valence-electron chi connectivity index (χ4n) is 1.31. The van der Waals surface area contributed by atoms with E-state index in [-0.39, 0.29) is 12.0 Å². The molecule has 0 bridgehead atoms. The average molecular weight is 325 g/mol. The molecule has 0 aromatic heterocycles. The summed E-state index contributed by atoms with van der Waals surface area (Å²) in [6.45, 7) is 16.6. The van der Waals surface area contributed by atoms with Crippen molar-refractivity contribution in [3.63, 3.8) is 0 Å². The van der Waals surface area contributed by atoms with Crippen LogP contribution in [0.15, 0.2) is 17.9 Å². The van der Waals surface area contributed by atoms with E-state index in [2.05, 4.69) is 5.73 Å². The summed E-state index contributed by atoms with van der Waals surface area (Å²) in [5.41, 5.74) is 1.57. The van der Waals surface area contributed by atoms with Gasteiger partial charge in [0.25, 0.3) is 0 Å². The molecule has 2 amide bonds. The van der Waals surface area contributed by atoms with Crippen LogP contribution in [-0.4, -0.2) is 34.8 Å². The van der Waals surface area contributed by atoms with E-state index in [1.807, 2.05) is 26.8 Å². The fraction of sp³-hybridized carbons (Fsp3) is 0.722. The number of carbonyl (C=O) groups is 2. The maximum atomic E-state index is 12.2. The second-order valence-electron chi connectivity index (χ2n) is 8.45. The average Bonchev–Trinajstić information content (AvgIpc) is 2.21. The number of amides is 2. The minimum atomic E-state index is -0.736. The Morgan fingerprint density at radius 2 is 1.26 bits per heavy atom. The highest BCUT2D eigenvalue weighted by atomic mass is 16.6. The fourth-order valence-corrected chi connectivity index (χ4v) is 1.31. The molecule has 0 N–H and O–H groups in total. The van der Waals surface area contributed by atoms with Gasteiger partial charge < -0.3 is 9.47 Å². The minimum absolute atomic E-state index is 0.0286. The van der Waals surface area contributed by atoms with Crippen LogP contribution in [0.5, 0.6) is 0 Å². The molecule has 0 aliphatic carbocycles. The predicted octanol–water partition coefficient (Wildman–Crippen LogP) is 4.92. The van der Waals surface area contributed by atoms with Gasteiger partial charge in [-0.1, -0.05) is 20.8 Å². The molecule has 5 nitrogen and oxygen atoms in total. The van der Waals surface area contributed by atoms with Gasteiger partial charge in [-0.15, -0.1) is 5.73 Å². The predicted molar refractivity (Wildman–Crippen MR) is 91.3 cm³/mol. The van der Waals surface area contributed by atoms with Crippen LogP contribution in [0.1, 0.15) is 62.3 Å². The second-order valence-corrected chi connectivity index (χ2v) is 8.45. The standard InChI is InChI=1S/C18H31NO4/c1-16(2,3)12-10-11-13-19(14(20)22-17(4,5)6)15(21)23-18(7,8)9/h11-12H,13H2,1-9H3. The van der Waals surface area contributed by atoms with E-state index in [9.17, 15) is 9.59 Å². The van der Waals surface area contributed by atoms with Gasteiger partial charge in [-0.3, -0.25) is 0 Å². The summed E-state index contributed by atoms with van der Waals surface area (Å²) in [5, 5.41) is 0. The lowest BCUT2D eigenvalue weighted by atomic mass is 9.97. The summed E-state index contributed by atoms with van der Waals surface area (Å²) in [6, 6.07) is 0. The molecule has 0 heterocycles. The number of ether oxygens (including phenoxy) is 2. The SMILES string of the molecule is CC(C)(C)C=C=CCN(C(=O)OC(C)(C)C)C(=O)OC(C)(C)C. The molecule has 0 rings (SSSR count). The zero-order valence-electron chi connectivity index (χ0n) is 15.9. The highest BCUT2D eigenvalue weighted by molar-refractivity contribution is 5.88. The quantitative estimate of drug-likeness (QED) is 0.676. The monoisotopic (exact) mass is 325 g/mol. The molecule has 0 atom stereocenters. The highest BCUT2D eigenvalue weighted by Gasteiger charge is 2.30. The second kappa shape index (κ2) is 7.69. The van der Waals surface area contributed by atoms with Crippen LogP contribution in [0.2, 0.25) is 0 Å². The van der Waals surface area contributed by atoms with Crippen LogP contribution in [0.25, 0.3) is 0 Å². The Balaban J connectivity index is 5.19. The van der Waals surface area contributed by atoms with Gasteiger partial charge in [0, 0.05) is 0 Å². The summed E-state index contributed by atoms with van der Waals surface area (Å²) < 4.78 is 10.5. The normalized spacial score (nSPS) is 12.0. The molecular formula is C18H31NO4. The van der Waals surface area contributed by atoms with Gasteiger partial charge in [-0.2, -0.15) is 0 Å². The first-order valence-electron chi connectivity index (χ1n) is 7.76. The third kappa shape index (κ3) is 11.5. The van der Waals surface area contributed by atoms with Crippen LogP contribution in [-0.2, 0) is 9.47 Å². The molecule has 0 spiro atoms. The van der Waals surface area contributed by atoms with Gasteiger partial charge in [0.15, 0.2) is 0 Å². The molecule has 0 aliphatic rings. The molecule has 23 heavy (non-hydrogen) atoms. The minimum Gasteiger partial charge on any atom is -0.443 e. The van der Waals surface area contributed by atoms with Crippen LogP contribution >= 0.6 is 0 Å². The zero-order valence-corrected chi connectivity index (χ0v) is 15.9. The van der Waals surface area contributed by atoms with Crippen LogP contribution < -0.4 is 0 Å². The lowest BCUT2D eigenvalue weighted by Gasteiger charge is -2.27. The largest absolute Gasteiger partial charge is 0.443 e. The van der Waals surface area contributed by atoms with Crippen LogP contribution in [0.3, 0.4) is 0 Å². The summed E-state index contributed by atoms with van der Waals surface area (Å²) in [5.74, 6) is 0. The Bertz CT molecular complexity index is 453. The summed E-state index contributed by atoms with van der Waals surface area (Å²) >= 11 is 0. The molecule has 132 valence electrons. The Morgan fingerprint density at radius 1 is 0.870 bits per heavy atom. The van der Waals surface area contributed by atoms with Crippen molar-refractivity contribution < 1.29 is 19.1 Å². The van der Waals surface area contributed by atoms with Crippen LogP contribution in [0.4, 0.5) is 9.59 Å². The maximum absolute atomic E-state index is 12.2. The first-order chi connectivity index (χ1) is 10.1. The smallest absolute Gasteiger partial charge is 0.420 e. The highest BCUT2D eigenvalue weighted by Crippen LogP contribution is 2.15. The number of rotatable bonds is 2. The molecule has 0 saturated carbocycles. The lowest BCUT2D eigenvalue weighted by molar-refractivity contribution is 0.00375. The summed E-state index contributed by atoms with van der Waals surface area (Å²) in [7, 11) is 0. The third-order valence-electron chi connectivity index (χ3n) is 2.14. The van der Waals surface area contributed by atoms with Crippen molar-refractivity contribution in [2.75, 3.05) is 6.54 Å². The topological polar surface area (TPSA) is 55.8 Å². The maximum Gasteiger partial charge on any atom is 0.420 e. The molecule has 0 radical (unpaired) electrons. The molecule has 0 aromatic rings. The van der Waals surface area contributed by atoms with Gasteiger partial charge in [0.1, 0.15) is 11.2 Å². The molecule has 0 aromatic carbocycles. The van der Waals surface area contributed by atoms with Crippen molar-refractivity contribution in [2.45, 2.75) is 73.5 Å². The Morgan fingerprint density at radius 3 is 1.57 bits per heavy atom. The van der Waals surface area contributed by atoms with Gasteiger partial charge in [0.2, 0.25) is 0 Å². The number of carbonyl (C=O) groups excluding carboxylic acids is 2. The molecule has 5 heteroatoms. The third-order valence-corrected chi connectivity index (χ3v) is 2.14. The van der Waals surface area contributed by atoms with Crippen molar-refractivity contribution in [3.05, 3.63) is 17.9 Å². The molecule has 0 saturated heterocycles. The Labute approximate surface area is 140 Å². The van der Waals surface area contributed by atoms with Gasteiger partial charge in [-0.05, 0) is 59.1 Å². The van der Waals surface area contributed by atoms with E-state index in [1.54, 1.807) is 47.6 Å². The summed E-state index contributed by atoms with van der Waals surface area (Å²) in [4.78, 5) is 25.4. The van der Waals surface area contributed by atoms with Gasteiger partial charge >= 0.3 is 12.2 Å². The molecule has 0 unspecified atom stereocenters. The molecule has 0 fully saturated rings. The first-order valence-corrected chi connectivity index (χ1v) is 7.76. The van der Waals surface area contributed by atoms with E-state index in [4.69, 9.17) is 9.47 Å². The van der Waals surface area contributed by atoms with Crippen LogP contribution in [0, 0.1) is 5.41 Å². The van der Waals surface area contributed by atoms with Gasteiger partial charge in [0.05, 0.1) is 6.54 Å².